The number of carboxylic acid groups (broad SMARTS) is 1. The van der Waals surface area contributed by atoms with E-state index in [4.69, 9.17) is 9.84 Å². The van der Waals surface area contributed by atoms with E-state index >= 15 is 0 Å². The van der Waals surface area contributed by atoms with Gasteiger partial charge in [0.25, 0.3) is 0 Å². The summed E-state index contributed by atoms with van der Waals surface area (Å²) in [5, 5.41) is 8.65. The van der Waals surface area contributed by atoms with Crippen LogP contribution in [0.15, 0.2) is 158 Å². The van der Waals surface area contributed by atoms with Gasteiger partial charge in [-0.05, 0) is 40.3 Å². The number of hydrogen-bond donors (Lipinski definition) is 1. The number of esters is 1. The minimum atomic E-state index is -0.947. The first-order chi connectivity index (χ1) is 19.6. The predicted octanol–water partition coefficient (Wildman–Crippen LogP) is 8.00. The highest BCUT2D eigenvalue weighted by atomic mass is 16.5. The maximum absolute atomic E-state index is 11.4. The van der Waals surface area contributed by atoms with Gasteiger partial charge in [-0.3, -0.25) is 0 Å². The summed E-state index contributed by atoms with van der Waals surface area (Å²) in [7, 11) is 0. The third-order valence-corrected chi connectivity index (χ3v) is 5.62. The van der Waals surface area contributed by atoms with E-state index in [1.807, 2.05) is 109 Å². The first-order valence-corrected chi connectivity index (χ1v) is 13.0. The van der Waals surface area contributed by atoms with Crippen molar-refractivity contribution in [1.82, 2.24) is 0 Å². The van der Waals surface area contributed by atoms with Crippen molar-refractivity contribution in [2.24, 2.45) is 0 Å². The molecule has 0 amide bonds. The lowest BCUT2D eigenvalue weighted by Crippen LogP contribution is -1.98. The Hall–Kier alpha value is -5.22. The van der Waals surface area contributed by atoms with E-state index in [0.29, 0.717) is 6.61 Å². The van der Waals surface area contributed by atoms with Crippen molar-refractivity contribution in [3.8, 4) is 0 Å². The molecule has 0 aliphatic heterocycles. The van der Waals surface area contributed by atoms with Crippen LogP contribution in [0.4, 0.5) is 0 Å². The van der Waals surface area contributed by atoms with E-state index in [0.717, 1.165) is 39.5 Å². The summed E-state index contributed by atoms with van der Waals surface area (Å²) in [6.07, 6.45) is 9.60. The summed E-state index contributed by atoms with van der Waals surface area (Å²) in [4.78, 5) is 21.9. The van der Waals surface area contributed by atoms with Crippen molar-refractivity contribution in [2.75, 3.05) is 6.61 Å². The molecule has 0 aliphatic rings. The van der Waals surface area contributed by atoms with Gasteiger partial charge >= 0.3 is 11.9 Å². The van der Waals surface area contributed by atoms with Crippen LogP contribution in [0.3, 0.4) is 0 Å². The molecule has 200 valence electrons. The highest BCUT2D eigenvalue weighted by molar-refractivity contribution is 5.85. The molecule has 0 aliphatic carbocycles. The fraction of sp³-hybridized carbons (Fsp3) is 0.0556. The molecule has 1 N–H and O–H groups in total. The first-order valence-electron chi connectivity index (χ1n) is 13.0. The fourth-order valence-corrected chi connectivity index (χ4v) is 3.83. The van der Waals surface area contributed by atoms with Crippen LogP contribution < -0.4 is 0 Å². The molecule has 0 atom stereocenters. The van der Waals surface area contributed by atoms with Crippen molar-refractivity contribution in [3.63, 3.8) is 0 Å². The van der Waals surface area contributed by atoms with Crippen LogP contribution in [-0.4, -0.2) is 23.7 Å². The Kier molecular flexibility index (Phi) is 12.2. The SMILES string of the molecule is CCOC(=O)C=CC=C(c1ccccc1)c1ccccc1.O=C(O)/C=C/C=C(c1ccccc1)c1ccccc1. The zero-order chi connectivity index (χ0) is 28.4. The molecule has 4 aromatic carbocycles. The number of carbonyl (C=O) groups is 2. The summed E-state index contributed by atoms with van der Waals surface area (Å²) < 4.78 is 4.88. The fourth-order valence-electron chi connectivity index (χ4n) is 3.83. The Balaban J connectivity index is 0.000000222. The van der Waals surface area contributed by atoms with Gasteiger partial charge in [0.05, 0.1) is 6.61 Å². The second kappa shape index (κ2) is 16.6. The highest BCUT2D eigenvalue weighted by Crippen LogP contribution is 2.24. The largest absolute Gasteiger partial charge is 0.478 e. The number of rotatable bonds is 9. The number of aliphatic carboxylic acids is 1. The van der Waals surface area contributed by atoms with Gasteiger partial charge in [-0.25, -0.2) is 9.59 Å². The highest BCUT2D eigenvalue weighted by Gasteiger charge is 2.04. The molecule has 40 heavy (non-hydrogen) atoms. The normalized spacial score (nSPS) is 10.3. The second-order valence-electron chi connectivity index (χ2n) is 8.43. The lowest BCUT2D eigenvalue weighted by Gasteiger charge is -2.07. The molecule has 4 rings (SSSR count). The number of hydrogen-bond acceptors (Lipinski definition) is 3. The lowest BCUT2D eigenvalue weighted by molar-refractivity contribution is -0.137. The molecule has 0 bridgehead atoms. The number of allylic oxidation sites excluding steroid dienone is 4. The predicted molar refractivity (Wildman–Crippen MR) is 162 cm³/mol. The molecule has 0 aromatic heterocycles. The van der Waals surface area contributed by atoms with Gasteiger partial charge < -0.3 is 9.84 Å². The minimum absolute atomic E-state index is 0.325. The maximum atomic E-state index is 11.4. The lowest BCUT2D eigenvalue weighted by atomic mass is 9.97. The van der Waals surface area contributed by atoms with Gasteiger partial charge in [-0.1, -0.05) is 146 Å². The van der Waals surface area contributed by atoms with Crippen molar-refractivity contribution in [1.29, 1.82) is 0 Å². The molecule has 4 nitrogen and oxygen atoms in total. The van der Waals surface area contributed by atoms with Crippen molar-refractivity contribution in [3.05, 3.63) is 180 Å². The number of ether oxygens (including phenoxy) is 1. The van der Waals surface area contributed by atoms with Gasteiger partial charge in [0, 0.05) is 12.2 Å². The van der Waals surface area contributed by atoms with E-state index in [2.05, 4.69) is 24.3 Å². The standard InChI is InChI=1S/C19H18O2.C17H14O2/c1-2-21-19(20)15-9-14-18(16-10-5-3-6-11-16)17-12-7-4-8-13-17;18-17(19)13-7-12-16(14-8-3-1-4-9-14)15-10-5-2-6-11-15/h3-15H,2H2,1H3;1-13H,(H,18,19)/b;13-7+. The molecule has 4 aromatic rings. The number of benzene rings is 4. The van der Waals surface area contributed by atoms with Crippen LogP contribution in [0, 0.1) is 0 Å². The molecule has 0 spiro atoms. The maximum Gasteiger partial charge on any atom is 0.330 e. The molecule has 0 radical (unpaired) electrons. The second-order valence-corrected chi connectivity index (χ2v) is 8.43. The minimum Gasteiger partial charge on any atom is -0.478 e. The molecular weight excluding hydrogens is 496 g/mol. The molecule has 0 saturated heterocycles. The Morgan fingerprint density at radius 1 is 0.575 bits per heavy atom. The molecule has 4 heteroatoms. The van der Waals surface area contributed by atoms with Gasteiger partial charge in [0.1, 0.15) is 0 Å². The van der Waals surface area contributed by atoms with Crippen molar-refractivity contribution < 1.29 is 19.4 Å². The summed E-state index contributed by atoms with van der Waals surface area (Å²) in [6, 6.07) is 40.0. The first kappa shape index (κ1) is 29.3. The Morgan fingerprint density at radius 3 is 1.20 bits per heavy atom. The summed E-state index contributed by atoms with van der Waals surface area (Å²) in [6.45, 7) is 2.18. The van der Waals surface area contributed by atoms with Gasteiger partial charge in [0.15, 0.2) is 0 Å². The molecule has 0 unspecified atom stereocenters. The van der Waals surface area contributed by atoms with Crippen molar-refractivity contribution >= 4 is 23.1 Å². The van der Waals surface area contributed by atoms with E-state index in [1.54, 1.807) is 19.1 Å². The van der Waals surface area contributed by atoms with Crippen molar-refractivity contribution in [2.45, 2.75) is 6.92 Å². The van der Waals surface area contributed by atoms with Crippen LogP contribution in [0.2, 0.25) is 0 Å². The smallest absolute Gasteiger partial charge is 0.330 e. The third-order valence-electron chi connectivity index (χ3n) is 5.62. The zero-order valence-electron chi connectivity index (χ0n) is 22.4. The topological polar surface area (TPSA) is 63.6 Å². The number of carbonyl (C=O) groups excluding carboxylic acids is 1. The van der Waals surface area contributed by atoms with Crippen LogP contribution in [0.1, 0.15) is 29.2 Å². The zero-order valence-corrected chi connectivity index (χ0v) is 22.4. The number of carboxylic acids is 1. The van der Waals surface area contributed by atoms with Gasteiger partial charge in [-0.15, -0.1) is 0 Å². The average Bonchev–Trinajstić information content (AvgIpc) is 3.00. The quantitative estimate of drug-likeness (QED) is 0.136. The molecule has 0 heterocycles. The summed E-state index contributed by atoms with van der Waals surface area (Å²) in [5.41, 5.74) is 6.40. The van der Waals surface area contributed by atoms with Crippen LogP contribution >= 0.6 is 0 Å². The third kappa shape index (κ3) is 9.92. The van der Waals surface area contributed by atoms with Crippen LogP contribution in [-0.2, 0) is 14.3 Å². The molecule has 0 fully saturated rings. The van der Waals surface area contributed by atoms with E-state index in [-0.39, 0.29) is 5.97 Å². The monoisotopic (exact) mass is 528 g/mol. The summed E-state index contributed by atoms with van der Waals surface area (Å²) >= 11 is 0. The Bertz CT molecular complexity index is 1370. The van der Waals surface area contributed by atoms with E-state index in [9.17, 15) is 9.59 Å². The molecule has 0 saturated carbocycles. The molecular formula is C36H32O4. The van der Waals surface area contributed by atoms with Gasteiger partial charge in [0.2, 0.25) is 0 Å². The van der Waals surface area contributed by atoms with Gasteiger partial charge in [-0.2, -0.15) is 0 Å². The Morgan fingerprint density at radius 2 is 0.900 bits per heavy atom. The van der Waals surface area contributed by atoms with E-state index < -0.39 is 5.97 Å². The van der Waals surface area contributed by atoms with E-state index in [1.165, 1.54) is 6.08 Å². The van der Waals surface area contributed by atoms with Crippen LogP contribution in [0.5, 0.6) is 0 Å². The van der Waals surface area contributed by atoms with Crippen LogP contribution in [0.25, 0.3) is 11.1 Å². The summed E-state index contributed by atoms with van der Waals surface area (Å²) in [5.74, 6) is -1.27. The average molecular weight is 529 g/mol. The Labute approximate surface area is 235 Å².